The molecule has 0 saturated carbocycles. The van der Waals surface area contributed by atoms with Gasteiger partial charge in [0, 0.05) is 25.6 Å². The van der Waals surface area contributed by atoms with E-state index in [1.54, 1.807) is 7.11 Å². The highest BCUT2D eigenvalue weighted by Crippen LogP contribution is 2.42. The summed E-state index contributed by atoms with van der Waals surface area (Å²) in [6.45, 7) is 6.34. The van der Waals surface area contributed by atoms with Gasteiger partial charge >= 0.3 is 0 Å². The summed E-state index contributed by atoms with van der Waals surface area (Å²) in [7, 11) is 1.67. The zero-order chi connectivity index (χ0) is 19.8. The Balaban J connectivity index is 1.98. The zero-order valence-corrected chi connectivity index (χ0v) is 17.1. The highest BCUT2D eigenvalue weighted by molar-refractivity contribution is 5.35. The van der Waals surface area contributed by atoms with E-state index in [0.29, 0.717) is 0 Å². The monoisotopic (exact) mass is 383 g/mol. The van der Waals surface area contributed by atoms with E-state index in [4.69, 9.17) is 9.47 Å². The number of morpholine rings is 1. The minimum atomic E-state index is -0.929. The van der Waals surface area contributed by atoms with Gasteiger partial charge in [0.1, 0.15) is 5.75 Å². The third kappa shape index (κ3) is 4.93. The molecule has 1 fully saturated rings. The zero-order valence-electron chi connectivity index (χ0n) is 17.1. The summed E-state index contributed by atoms with van der Waals surface area (Å²) in [5.41, 5.74) is 1.22. The Labute approximate surface area is 169 Å². The molecule has 1 aliphatic rings. The van der Waals surface area contributed by atoms with Crippen LogP contribution in [0.25, 0.3) is 0 Å². The average molecular weight is 384 g/mol. The first-order valence-corrected chi connectivity index (χ1v) is 10.4. The van der Waals surface area contributed by atoms with Crippen molar-refractivity contribution in [2.24, 2.45) is 0 Å². The Hall–Kier alpha value is -1.88. The fourth-order valence-electron chi connectivity index (χ4n) is 4.11. The molecule has 4 nitrogen and oxygen atoms in total. The normalized spacial score (nSPS) is 18.4. The van der Waals surface area contributed by atoms with Crippen molar-refractivity contribution in [2.75, 3.05) is 40.0 Å². The molecule has 1 aliphatic heterocycles. The predicted octanol–water partition coefficient (Wildman–Crippen LogP) is 4.19. The fraction of sp³-hybridized carbons (Fsp3) is 0.500. The molecule has 0 amide bonds. The minimum Gasteiger partial charge on any atom is -0.497 e. The van der Waals surface area contributed by atoms with Gasteiger partial charge in [-0.25, -0.2) is 0 Å². The van der Waals surface area contributed by atoms with Gasteiger partial charge in [-0.1, -0.05) is 62.2 Å². The van der Waals surface area contributed by atoms with Crippen LogP contribution < -0.4 is 4.74 Å². The molecule has 1 N–H and O–H groups in total. The molecule has 3 rings (SSSR count). The second-order valence-electron chi connectivity index (χ2n) is 7.63. The van der Waals surface area contributed by atoms with Crippen LogP contribution in [0.4, 0.5) is 0 Å². The van der Waals surface area contributed by atoms with Crippen molar-refractivity contribution in [3.8, 4) is 5.75 Å². The van der Waals surface area contributed by atoms with Gasteiger partial charge in [0.25, 0.3) is 0 Å². The molecule has 1 heterocycles. The van der Waals surface area contributed by atoms with Crippen LogP contribution in [-0.2, 0) is 10.3 Å². The smallest absolute Gasteiger partial charge is 0.118 e. The maximum atomic E-state index is 12.1. The average Bonchev–Trinajstić information content (AvgIpc) is 2.77. The van der Waals surface area contributed by atoms with Crippen molar-refractivity contribution in [1.82, 2.24) is 4.90 Å². The number of benzene rings is 2. The maximum absolute atomic E-state index is 12.1. The number of rotatable bonds is 9. The van der Waals surface area contributed by atoms with Gasteiger partial charge in [0.2, 0.25) is 0 Å². The lowest BCUT2D eigenvalue weighted by Gasteiger charge is -2.41. The Morgan fingerprint density at radius 3 is 2.36 bits per heavy atom. The summed E-state index contributed by atoms with van der Waals surface area (Å²) >= 11 is 0. The Morgan fingerprint density at radius 1 is 1.07 bits per heavy atom. The quantitative estimate of drug-likeness (QED) is 0.705. The van der Waals surface area contributed by atoms with Crippen molar-refractivity contribution in [2.45, 2.75) is 37.7 Å². The van der Waals surface area contributed by atoms with Crippen LogP contribution in [0.1, 0.15) is 43.2 Å². The molecule has 1 saturated heterocycles. The van der Waals surface area contributed by atoms with Gasteiger partial charge in [-0.3, -0.25) is 4.90 Å². The first-order valence-electron chi connectivity index (χ1n) is 10.4. The highest BCUT2D eigenvalue weighted by atomic mass is 16.5. The number of methoxy groups -OCH3 is 1. The van der Waals surface area contributed by atoms with Crippen LogP contribution in [-0.4, -0.2) is 50.0 Å². The summed E-state index contributed by atoms with van der Waals surface area (Å²) in [6.07, 6.45) is 2.77. The molecule has 28 heavy (non-hydrogen) atoms. The van der Waals surface area contributed by atoms with Crippen LogP contribution >= 0.6 is 0 Å². The maximum Gasteiger partial charge on any atom is 0.118 e. The standard InChI is InChI=1S/C24H33NO3/c1-3-4-14-24(26,21-10-12-22(27-2)13-11-21)23(20-8-6-5-7-9-20)19-25-15-17-28-18-16-25/h5-13,23,26H,3-4,14-19H2,1-2H3/t23-,24+/m0/s1. The van der Waals surface area contributed by atoms with Gasteiger partial charge < -0.3 is 14.6 Å². The predicted molar refractivity (Wildman–Crippen MR) is 113 cm³/mol. The molecule has 0 aromatic heterocycles. The first-order chi connectivity index (χ1) is 13.7. The molecule has 0 unspecified atom stereocenters. The van der Waals surface area contributed by atoms with Crippen molar-refractivity contribution in [1.29, 1.82) is 0 Å². The molecular formula is C24H33NO3. The molecule has 2 atom stereocenters. The summed E-state index contributed by atoms with van der Waals surface area (Å²) in [6, 6.07) is 18.4. The van der Waals surface area contributed by atoms with E-state index < -0.39 is 5.60 Å². The number of hydrogen-bond acceptors (Lipinski definition) is 4. The number of nitrogens with zero attached hydrogens (tertiary/aromatic N) is 1. The lowest BCUT2D eigenvalue weighted by molar-refractivity contribution is -0.0293. The molecule has 2 aromatic carbocycles. The Morgan fingerprint density at radius 2 is 1.75 bits per heavy atom. The SMILES string of the molecule is CCCC[C@@](O)(c1ccc(OC)cc1)[C@@H](CN1CCOCC1)c1ccccc1. The van der Waals surface area contributed by atoms with E-state index in [9.17, 15) is 5.11 Å². The van der Waals surface area contributed by atoms with E-state index in [2.05, 4.69) is 36.1 Å². The molecule has 152 valence electrons. The van der Waals surface area contributed by atoms with E-state index in [1.807, 2.05) is 30.3 Å². The van der Waals surface area contributed by atoms with Crippen LogP contribution in [0.2, 0.25) is 0 Å². The molecule has 4 heteroatoms. The van der Waals surface area contributed by atoms with E-state index in [-0.39, 0.29) is 5.92 Å². The lowest BCUT2D eigenvalue weighted by atomic mass is 9.74. The molecule has 0 radical (unpaired) electrons. The minimum absolute atomic E-state index is 0.00764. The molecule has 0 aliphatic carbocycles. The number of ether oxygens (including phenoxy) is 2. The van der Waals surface area contributed by atoms with Gasteiger partial charge in [-0.2, -0.15) is 0 Å². The summed E-state index contributed by atoms with van der Waals surface area (Å²) in [4.78, 5) is 2.42. The number of hydrogen-bond donors (Lipinski definition) is 1. The van der Waals surface area contributed by atoms with Crippen molar-refractivity contribution < 1.29 is 14.6 Å². The number of aliphatic hydroxyl groups is 1. The molecule has 0 spiro atoms. The van der Waals surface area contributed by atoms with Gasteiger partial charge in [-0.15, -0.1) is 0 Å². The van der Waals surface area contributed by atoms with Crippen molar-refractivity contribution in [3.05, 3.63) is 65.7 Å². The largest absolute Gasteiger partial charge is 0.497 e. The van der Waals surface area contributed by atoms with Crippen LogP contribution in [0.3, 0.4) is 0 Å². The first kappa shape index (κ1) is 20.8. The molecule has 2 aromatic rings. The third-order valence-corrected chi connectivity index (χ3v) is 5.82. The second kappa shape index (κ2) is 10.1. The van der Waals surface area contributed by atoms with Gasteiger partial charge in [-0.05, 0) is 29.7 Å². The van der Waals surface area contributed by atoms with E-state index in [0.717, 1.165) is 63.4 Å². The summed E-state index contributed by atoms with van der Waals surface area (Å²) in [5.74, 6) is 0.803. The molecular weight excluding hydrogens is 350 g/mol. The third-order valence-electron chi connectivity index (χ3n) is 5.82. The van der Waals surface area contributed by atoms with Crippen molar-refractivity contribution >= 4 is 0 Å². The van der Waals surface area contributed by atoms with Gasteiger partial charge in [0.05, 0.1) is 25.9 Å². The Bertz CT molecular complexity index is 698. The van der Waals surface area contributed by atoms with Crippen LogP contribution in [0, 0.1) is 0 Å². The van der Waals surface area contributed by atoms with Crippen LogP contribution in [0.5, 0.6) is 5.75 Å². The van der Waals surface area contributed by atoms with Crippen molar-refractivity contribution in [3.63, 3.8) is 0 Å². The Kier molecular flexibility index (Phi) is 7.49. The van der Waals surface area contributed by atoms with Crippen LogP contribution in [0.15, 0.2) is 54.6 Å². The summed E-state index contributed by atoms with van der Waals surface area (Å²) in [5, 5.41) is 12.1. The topological polar surface area (TPSA) is 41.9 Å². The highest BCUT2D eigenvalue weighted by Gasteiger charge is 2.40. The summed E-state index contributed by atoms with van der Waals surface area (Å²) < 4.78 is 10.9. The number of unbranched alkanes of at least 4 members (excludes halogenated alkanes) is 1. The lowest BCUT2D eigenvalue weighted by Crippen LogP contribution is -2.45. The van der Waals surface area contributed by atoms with E-state index >= 15 is 0 Å². The molecule has 0 bridgehead atoms. The van der Waals surface area contributed by atoms with Gasteiger partial charge in [0.15, 0.2) is 0 Å². The second-order valence-corrected chi connectivity index (χ2v) is 7.63. The fourth-order valence-corrected chi connectivity index (χ4v) is 4.11. The van der Waals surface area contributed by atoms with E-state index in [1.165, 1.54) is 5.56 Å².